The van der Waals surface area contributed by atoms with Crippen molar-refractivity contribution < 1.29 is 0 Å². The van der Waals surface area contributed by atoms with E-state index in [0.29, 0.717) is 6.04 Å². The Kier molecular flexibility index (Phi) is 5.42. The molecule has 1 aromatic heterocycles. The molecular weight excluding hydrogens is 330 g/mol. The summed E-state index contributed by atoms with van der Waals surface area (Å²) in [5.74, 6) is 0. The molecule has 0 saturated heterocycles. The molecule has 1 N–H and O–H groups in total. The van der Waals surface area contributed by atoms with Crippen molar-refractivity contribution in [1.82, 2.24) is 5.32 Å². The Morgan fingerprint density at radius 2 is 1.85 bits per heavy atom. The first-order chi connectivity index (χ1) is 9.56. The van der Waals surface area contributed by atoms with Crippen LogP contribution in [-0.2, 0) is 0 Å². The van der Waals surface area contributed by atoms with Gasteiger partial charge in [0.2, 0.25) is 0 Å². The van der Waals surface area contributed by atoms with E-state index >= 15 is 0 Å². The highest BCUT2D eigenvalue weighted by Crippen LogP contribution is 2.35. The maximum atomic E-state index is 3.64. The topological polar surface area (TPSA) is 12.0 Å². The van der Waals surface area contributed by atoms with Gasteiger partial charge in [0.1, 0.15) is 0 Å². The highest BCUT2D eigenvalue weighted by atomic mass is 79.9. The van der Waals surface area contributed by atoms with Gasteiger partial charge >= 0.3 is 0 Å². The third-order valence-electron chi connectivity index (χ3n) is 3.62. The fourth-order valence-corrected chi connectivity index (χ4v) is 3.87. The molecule has 1 atom stereocenters. The van der Waals surface area contributed by atoms with E-state index in [9.17, 15) is 0 Å². The minimum atomic E-state index is 0.483. The lowest BCUT2D eigenvalue weighted by Crippen LogP contribution is -2.14. The van der Waals surface area contributed by atoms with Gasteiger partial charge in [-0.3, -0.25) is 0 Å². The third-order valence-corrected chi connectivity index (χ3v) is 6.12. The molecular formula is C17H22BrNS. The smallest absolute Gasteiger partial charge is 0.0412 e. The molecule has 20 heavy (non-hydrogen) atoms. The maximum Gasteiger partial charge on any atom is 0.0412 e. The Morgan fingerprint density at radius 1 is 1.20 bits per heavy atom. The van der Waals surface area contributed by atoms with Gasteiger partial charge in [-0.2, -0.15) is 0 Å². The molecule has 0 aliphatic carbocycles. The zero-order valence-corrected chi connectivity index (χ0v) is 15.0. The van der Waals surface area contributed by atoms with Crippen LogP contribution >= 0.6 is 27.3 Å². The molecule has 1 nitrogen and oxygen atoms in total. The molecule has 0 aliphatic heterocycles. The Labute approximate surface area is 134 Å². The van der Waals surface area contributed by atoms with Crippen LogP contribution in [0.4, 0.5) is 0 Å². The quantitative estimate of drug-likeness (QED) is 0.711. The first-order valence-corrected chi connectivity index (χ1v) is 8.71. The van der Waals surface area contributed by atoms with Gasteiger partial charge in [-0.05, 0) is 68.3 Å². The summed E-state index contributed by atoms with van der Waals surface area (Å²) in [7, 11) is 2.05. The van der Waals surface area contributed by atoms with E-state index in [1.807, 2.05) is 18.4 Å². The van der Waals surface area contributed by atoms with Crippen LogP contribution in [0.3, 0.4) is 0 Å². The Bertz CT molecular complexity index is 565. The number of nitrogens with one attached hydrogen (secondary N) is 1. The Hall–Kier alpha value is -0.640. The SMILES string of the molecule is CCCC(NC)c1ccc(-c2cc(C)c(Br)c(C)c2)s1. The molecule has 0 spiro atoms. The normalized spacial score (nSPS) is 12.7. The maximum absolute atomic E-state index is 3.64. The Balaban J connectivity index is 2.33. The summed E-state index contributed by atoms with van der Waals surface area (Å²) in [6, 6.07) is 9.53. The van der Waals surface area contributed by atoms with Crippen molar-refractivity contribution in [3.8, 4) is 10.4 Å². The number of aryl methyl sites for hydroxylation is 2. The Morgan fingerprint density at radius 3 is 2.40 bits per heavy atom. The summed E-state index contributed by atoms with van der Waals surface area (Å²) in [5.41, 5.74) is 3.92. The lowest BCUT2D eigenvalue weighted by molar-refractivity contribution is 0.550. The van der Waals surface area contributed by atoms with Crippen LogP contribution < -0.4 is 5.32 Å². The van der Waals surface area contributed by atoms with Crippen LogP contribution in [0.1, 0.15) is 41.8 Å². The van der Waals surface area contributed by atoms with E-state index < -0.39 is 0 Å². The van der Waals surface area contributed by atoms with Gasteiger partial charge in [0.05, 0.1) is 0 Å². The van der Waals surface area contributed by atoms with Crippen molar-refractivity contribution in [1.29, 1.82) is 0 Å². The molecule has 2 aromatic rings. The van der Waals surface area contributed by atoms with Gasteiger partial charge in [-0.15, -0.1) is 11.3 Å². The average molecular weight is 352 g/mol. The second-order valence-electron chi connectivity index (χ2n) is 5.26. The molecule has 0 amide bonds. The lowest BCUT2D eigenvalue weighted by Gasteiger charge is -2.12. The van der Waals surface area contributed by atoms with Gasteiger partial charge in [0, 0.05) is 20.3 Å². The molecule has 0 aliphatic rings. The van der Waals surface area contributed by atoms with Crippen molar-refractivity contribution >= 4 is 27.3 Å². The fraction of sp³-hybridized carbons (Fsp3) is 0.412. The van der Waals surface area contributed by atoms with E-state index in [1.54, 1.807) is 0 Å². The number of hydrogen-bond donors (Lipinski definition) is 1. The van der Waals surface area contributed by atoms with E-state index in [4.69, 9.17) is 0 Å². The zero-order valence-electron chi connectivity index (χ0n) is 12.6. The van der Waals surface area contributed by atoms with Gasteiger partial charge in [0.15, 0.2) is 0 Å². The number of halogens is 1. The van der Waals surface area contributed by atoms with Crippen molar-refractivity contribution in [2.24, 2.45) is 0 Å². The first-order valence-electron chi connectivity index (χ1n) is 7.11. The number of hydrogen-bond acceptors (Lipinski definition) is 2. The molecule has 0 radical (unpaired) electrons. The number of thiophene rings is 1. The molecule has 3 heteroatoms. The van der Waals surface area contributed by atoms with Gasteiger partial charge < -0.3 is 5.32 Å². The predicted molar refractivity (Wildman–Crippen MR) is 93.6 cm³/mol. The zero-order chi connectivity index (χ0) is 14.7. The molecule has 2 rings (SSSR count). The van der Waals surface area contributed by atoms with Crippen LogP contribution in [0, 0.1) is 13.8 Å². The minimum Gasteiger partial charge on any atom is -0.312 e. The monoisotopic (exact) mass is 351 g/mol. The molecule has 1 unspecified atom stereocenters. The van der Waals surface area contributed by atoms with Crippen LogP contribution in [0.25, 0.3) is 10.4 Å². The second-order valence-corrected chi connectivity index (χ2v) is 7.16. The van der Waals surface area contributed by atoms with Crippen LogP contribution in [-0.4, -0.2) is 7.05 Å². The van der Waals surface area contributed by atoms with Crippen molar-refractivity contribution in [3.05, 3.63) is 44.7 Å². The number of benzene rings is 1. The summed E-state index contributed by atoms with van der Waals surface area (Å²) in [5, 5.41) is 3.42. The summed E-state index contributed by atoms with van der Waals surface area (Å²) in [6.45, 7) is 6.55. The summed E-state index contributed by atoms with van der Waals surface area (Å²) in [4.78, 5) is 2.79. The summed E-state index contributed by atoms with van der Waals surface area (Å²) >= 11 is 5.54. The largest absolute Gasteiger partial charge is 0.312 e. The third kappa shape index (κ3) is 3.33. The molecule has 1 aromatic carbocycles. The first kappa shape index (κ1) is 15.7. The molecule has 1 heterocycles. The van der Waals surface area contributed by atoms with Crippen molar-refractivity contribution in [3.63, 3.8) is 0 Å². The van der Waals surface area contributed by atoms with Crippen LogP contribution in [0.5, 0.6) is 0 Å². The van der Waals surface area contributed by atoms with E-state index in [0.717, 1.165) is 0 Å². The number of rotatable bonds is 5. The van der Waals surface area contributed by atoms with Crippen molar-refractivity contribution in [2.45, 2.75) is 39.7 Å². The molecule has 0 bridgehead atoms. The summed E-state index contributed by atoms with van der Waals surface area (Å²) < 4.78 is 1.22. The van der Waals surface area contributed by atoms with E-state index in [1.165, 1.54) is 43.8 Å². The summed E-state index contributed by atoms with van der Waals surface area (Å²) in [6.07, 6.45) is 2.39. The highest BCUT2D eigenvalue weighted by Gasteiger charge is 2.12. The van der Waals surface area contributed by atoms with Gasteiger partial charge in [0.25, 0.3) is 0 Å². The van der Waals surface area contributed by atoms with Gasteiger partial charge in [-0.25, -0.2) is 0 Å². The molecule has 108 valence electrons. The lowest BCUT2D eigenvalue weighted by atomic mass is 10.1. The molecule has 0 fully saturated rings. The van der Waals surface area contributed by atoms with Crippen LogP contribution in [0.2, 0.25) is 0 Å². The van der Waals surface area contributed by atoms with Crippen LogP contribution in [0.15, 0.2) is 28.7 Å². The molecule has 0 saturated carbocycles. The predicted octanol–water partition coefficient (Wildman–Crippen LogP) is 5.86. The van der Waals surface area contributed by atoms with E-state index in [2.05, 4.69) is 66.3 Å². The van der Waals surface area contributed by atoms with E-state index in [-0.39, 0.29) is 0 Å². The van der Waals surface area contributed by atoms with Crippen molar-refractivity contribution in [2.75, 3.05) is 7.05 Å². The fourth-order valence-electron chi connectivity index (χ4n) is 2.50. The standard InChI is InChI=1S/C17H22BrNS/c1-5-6-14(19-4)16-8-7-15(20-16)13-9-11(2)17(18)12(3)10-13/h7-10,14,19H,5-6H2,1-4H3. The second kappa shape index (κ2) is 6.88. The van der Waals surface area contributed by atoms with Gasteiger partial charge in [-0.1, -0.05) is 29.3 Å². The average Bonchev–Trinajstić information content (AvgIpc) is 2.91. The minimum absolute atomic E-state index is 0.483. The highest BCUT2D eigenvalue weighted by molar-refractivity contribution is 9.10.